The molecule has 0 aliphatic rings. The minimum Gasteiger partial charge on any atom is -0.497 e. The summed E-state index contributed by atoms with van der Waals surface area (Å²) in [4.78, 5) is 10.7. The lowest BCUT2D eigenvalue weighted by molar-refractivity contribution is 0.0702. The summed E-state index contributed by atoms with van der Waals surface area (Å²) in [5.74, 6) is -0.456. The Morgan fingerprint density at radius 1 is 1.33 bits per heavy atom. The highest BCUT2D eigenvalue weighted by Crippen LogP contribution is 2.19. The van der Waals surface area contributed by atoms with Gasteiger partial charge in [-0.05, 0) is 23.8 Å². The van der Waals surface area contributed by atoms with Crippen LogP contribution in [0.3, 0.4) is 0 Å². The van der Waals surface area contributed by atoms with Gasteiger partial charge in [-0.2, -0.15) is 0 Å². The average molecular weight is 327 g/mol. The van der Waals surface area contributed by atoms with Gasteiger partial charge in [0.1, 0.15) is 10.6 Å². The lowest BCUT2D eigenvalue weighted by Crippen LogP contribution is -2.22. The van der Waals surface area contributed by atoms with Crippen LogP contribution in [0.5, 0.6) is 5.75 Å². The van der Waals surface area contributed by atoms with E-state index >= 15 is 0 Å². The van der Waals surface area contributed by atoms with Gasteiger partial charge in [-0.3, -0.25) is 0 Å². The van der Waals surface area contributed by atoms with Gasteiger partial charge >= 0.3 is 5.97 Å². The van der Waals surface area contributed by atoms with E-state index in [1.807, 2.05) is 0 Å². The lowest BCUT2D eigenvalue weighted by atomic mass is 10.2. The number of hydrogen-bond donors (Lipinski definition) is 2. The summed E-state index contributed by atoms with van der Waals surface area (Å²) in [6.45, 7) is 0.116. The quantitative estimate of drug-likeness (QED) is 0.846. The third kappa shape index (κ3) is 3.81. The maximum absolute atomic E-state index is 12.0. The van der Waals surface area contributed by atoms with E-state index in [0.29, 0.717) is 5.75 Å². The Kier molecular flexibility index (Phi) is 4.61. The minimum atomic E-state index is -3.72. The maximum Gasteiger partial charge on any atom is 0.345 e. The van der Waals surface area contributed by atoms with Crippen LogP contribution < -0.4 is 9.46 Å². The molecule has 2 aromatic rings. The van der Waals surface area contributed by atoms with Gasteiger partial charge in [-0.1, -0.05) is 12.1 Å². The molecule has 0 bridgehead atoms. The van der Waals surface area contributed by atoms with Crippen molar-refractivity contribution in [2.75, 3.05) is 7.11 Å². The first-order chi connectivity index (χ1) is 9.92. The number of thiophene rings is 1. The summed E-state index contributed by atoms with van der Waals surface area (Å²) in [6.07, 6.45) is 0. The first kappa shape index (κ1) is 15.5. The summed E-state index contributed by atoms with van der Waals surface area (Å²) in [6, 6.07) is 8.10. The van der Waals surface area contributed by atoms with Crippen LogP contribution in [0.2, 0.25) is 0 Å². The van der Waals surface area contributed by atoms with Gasteiger partial charge < -0.3 is 9.84 Å². The molecule has 0 aliphatic heterocycles. The molecule has 1 aromatic heterocycles. The number of nitrogens with one attached hydrogen (secondary N) is 1. The fourth-order valence-electron chi connectivity index (χ4n) is 1.58. The molecule has 0 saturated heterocycles. The smallest absolute Gasteiger partial charge is 0.345 e. The largest absolute Gasteiger partial charge is 0.497 e. The van der Waals surface area contributed by atoms with Gasteiger partial charge in [0.25, 0.3) is 0 Å². The molecular weight excluding hydrogens is 314 g/mol. The number of rotatable bonds is 6. The fourth-order valence-corrected chi connectivity index (χ4v) is 3.71. The van der Waals surface area contributed by atoms with Gasteiger partial charge in [-0.15, -0.1) is 11.3 Å². The molecule has 0 fully saturated rings. The number of ether oxygens (including phenoxy) is 1. The molecule has 0 aliphatic carbocycles. The topological polar surface area (TPSA) is 92.7 Å². The zero-order chi connectivity index (χ0) is 15.5. The van der Waals surface area contributed by atoms with Gasteiger partial charge in [-0.25, -0.2) is 17.9 Å². The molecule has 2 N–H and O–H groups in total. The Morgan fingerprint density at radius 2 is 2.00 bits per heavy atom. The van der Waals surface area contributed by atoms with E-state index in [0.717, 1.165) is 23.0 Å². The predicted octanol–water partition coefficient (Wildman–Crippen LogP) is 1.93. The van der Waals surface area contributed by atoms with Gasteiger partial charge in [0.05, 0.1) is 12.0 Å². The summed E-state index contributed by atoms with van der Waals surface area (Å²) < 4.78 is 31.5. The molecule has 21 heavy (non-hydrogen) atoms. The second kappa shape index (κ2) is 6.25. The Balaban J connectivity index is 2.07. The van der Waals surface area contributed by atoms with E-state index in [-0.39, 0.29) is 16.3 Å². The minimum absolute atomic E-state index is 0.0141. The van der Waals surface area contributed by atoms with E-state index in [2.05, 4.69) is 4.72 Å². The molecule has 6 nitrogen and oxygen atoms in total. The van der Waals surface area contributed by atoms with Gasteiger partial charge in [0.15, 0.2) is 0 Å². The highest BCUT2D eigenvalue weighted by molar-refractivity contribution is 7.89. The van der Waals surface area contributed by atoms with E-state index in [9.17, 15) is 13.2 Å². The van der Waals surface area contributed by atoms with E-state index in [4.69, 9.17) is 9.84 Å². The molecule has 112 valence electrons. The highest BCUT2D eigenvalue weighted by atomic mass is 32.2. The highest BCUT2D eigenvalue weighted by Gasteiger charge is 2.18. The van der Waals surface area contributed by atoms with Crippen LogP contribution in [-0.2, 0) is 16.6 Å². The van der Waals surface area contributed by atoms with Crippen LogP contribution in [0.25, 0.3) is 0 Å². The molecule has 8 heteroatoms. The zero-order valence-corrected chi connectivity index (χ0v) is 12.7. The van der Waals surface area contributed by atoms with Crippen molar-refractivity contribution in [2.45, 2.75) is 11.4 Å². The van der Waals surface area contributed by atoms with E-state index in [1.165, 1.54) is 5.38 Å². The number of methoxy groups -OCH3 is 1. The van der Waals surface area contributed by atoms with Crippen molar-refractivity contribution < 1.29 is 23.1 Å². The molecule has 0 unspecified atom stereocenters. The number of hydrogen-bond acceptors (Lipinski definition) is 5. The SMILES string of the molecule is COc1ccc(CNS(=O)(=O)c2csc(C(=O)O)c2)cc1. The first-order valence-electron chi connectivity index (χ1n) is 5.87. The van der Waals surface area contributed by atoms with Crippen LogP contribution in [0.4, 0.5) is 0 Å². The van der Waals surface area contributed by atoms with E-state index in [1.54, 1.807) is 31.4 Å². The number of carboxylic acids is 1. The van der Waals surface area contributed by atoms with Crippen molar-refractivity contribution in [3.05, 3.63) is 46.2 Å². The number of benzene rings is 1. The molecule has 0 spiro atoms. The van der Waals surface area contributed by atoms with Gasteiger partial charge in [0.2, 0.25) is 10.0 Å². The normalized spacial score (nSPS) is 11.3. The fraction of sp³-hybridized carbons (Fsp3) is 0.154. The standard InChI is InChI=1S/C13H13NO5S2/c1-19-10-4-2-9(3-5-10)7-14-21(17,18)11-6-12(13(15)16)20-8-11/h2-6,8,14H,7H2,1H3,(H,15,16). The molecule has 1 heterocycles. The second-order valence-corrected chi connectivity index (χ2v) is 6.80. The Bertz CT molecular complexity index is 734. The summed E-state index contributed by atoms with van der Waals surface area (Å²) in [5, 5.41) is 10.1. The van der Waals surface area contributed by atoms with Crippen molar-refractivity contribution in [3.63, 3.8) is 0 Å². The van der Waals surface area contributed by atoms with Crippen molar-refractivity contribution in [3.8, 4) is 5.75 Å². The van der Waals surface area contributed by atoms with Crippen molar-refractivity contribution >= 4 is 27.3 Å². The molecular formula is C13H13NO5S2. The van der Waals surface area contributed by atoms with Crippen LogP contribution in [-0.4, -0.2) is 26.6 Å². The van der Waals surface area contributed by atoms with Crippen molar-refractivity contribution in [1.82, 2.24) is 4.72 Å². The second-order valence-electron chi connectivity index (χ2n) is 4.12. The third-order valence-electron chi connectivity index (χ3n) is 2.72. The lowest BCUT2D eigenvalue weighted by Gasteiger charge is -2.06. The zero-order valence-electron chi connectivity index (χ0n) is 11.1. The van der Waals surface area contributed by atoms with Crippen molar-refractivity contribution in [1.29, 1.82) is 0 Å². The third-order valence-corrected chi connectivity index (χ3v) is 5.17. The number of sulfonamides is 1. The number of aromatic carboxylic acids is 1. The molecule has 2 rings (SSSR count). The van der Waals surface area contributed by atoms with Crippen LogP contribution in [0.1, 0.15) is 15.2 Å². The predicted molar refractivity (Wildman–Crippen MR) is 78.3 cm³/mol. The Hall–Kier alpha value is -1.90. The number of carbonyl (C=O) groups is 1. The Labute approximate surface area is 126 Å². The van der Waals surface area contributed by atoms with Crippen LogP contribution in [0.15, 0.2) is 40.6 Å². The van der Waals surface area contributed by atoms with Crippen LogP contribution >= 0.6 is 11.3 Å². The summed E-state index contributed by atoms with van der Waals surface area (Å²) >= 11 is 0.876. The average Bonchev–Trinajstić information content (AvgIpc) is 2.97. The molecule has 0 amide bonds. The summed E-state index contributed by atoms with van der Waals surface area (Å²) in [5.41, 5.74) is 0.771. The molecule has 1 aromatic carbocycles. The van der Waals surface area contributed by atoms with Crippen molar-refractivity contribution in [2.24, 2.45) is 0 Å². The molecule has 0 saturated carbocycles. The van der Waals surface area contributed by atoms with Gasteiger partial charge in [0, 0.05) is 11.9 Å². The van der Waals surface area contributed by atoms with Crippen LogP contribution in [0, 0.1) is 0 Å². The summed E-state index contributed by atoms with van der Waals surface area (Å²) in [7, 11) is -2.17. The Morgan fingerprint density at radius 3 is 2.52 bits per heavy atom. The molecule has 0 radical (unpaired) electrons. The monoisotopic (exact) mass is 327 g/mol. The number of carboxylic acid groups (broad SMARTS) is 1. The maximum atomic E-state index is 12.0. The van der Waals surface area contributed by atoms with E-state index < -0.39 is 16.0 Å². The molecule has 0 atom stereocenters. The first-order valence-corrected chi connectivity index (χ1v) is 8.23.